The SMILES string of the molecule is ON=C1CC[C@H]2CCC[C@@H]1C2. The molecule has 0 aromatic heterocycles. The molecule has 2 atom stereocenters. The molecule has 2 bridgehead atoms. The van der Waals surface area contributed by atoms with Crippen LogP contribution in [0.25, 0.3) is 0 Å². The third-order valence-electron chi connectivity index (χ3n) is 3.19. The quantitative estimate of drug-likeness (QED) is 0.420. The van der Waals surface area contributed by atoms with Crippen molar-refractivity contribution in [3.8, 4) is 0 Å². The van der Waals surface area contributed by atoms with Gasteiger partial charge in [-0.3, -0.25) is 0 Å². The molecular formula is C9H15NO. The molecule has 0 aliphatic heterocycles. The van der Waals surface area contributed by atoms with Crippen LogP contribution in [0.5, 0.6) is 0 Å². The summed E-state index contributed by atoms with van der Waals surface area (Å²) < 4.78 is 0. The summed E-state index contributed by atoms with van der Waals surface area (Å²) in [6, 6.07) is 0. The molecule has 0 heterocycles. The van der Waals surface area contributed by atoms with Gasteiger partial charge in [0.2, 0.25) is 0 Å². The van der Waals surface area contributed by atoms with Gasteiger partial charge in [0.25, 0.3) is 0 Å². The van der Waals surface area contributed by atoms with Gasteiger partial charge in [0.15, 0.2) is 0 Å². The van der Waals surface area contributed by atoms with Crippen LogP contribution < -0.4 is 0 Å². The zero-order valence-electron chi connectivity index (χ0n) is 6.79. The van der Waals surface area contributed by atoms with E-state index in [2.05, 4.69) is 5.16 Å². The fourth-order valence-corrected chi connectivity index (χ4v) is 2.54. The van der Waals surface area contributed by atoms with Gasteiger partial charge in [-0.25, -0.2) is 0 Å². The van der Waals surface area contributed by atoms with Crippen LogP contribution in [0.2, 0.25) is 0 Å². The molecular weight excluding hydrogens is 138 g/mol. The van der Waals surface area contributed by atoms with Gasteiger partial charge >= 0.3 is 0 Å². The monoisotopic (exact) mass is 153 g/mol. The van der Waals surface area contributed by atoms with Gasteiger partial charge in [0.1, 0.15) is 0 Å². The molecule has 2 aliphatic carbocycles. The van der Waals surface area contributed by atoms with Crippen molar-refractivity contribution in [2.75, 3.05) is 0 Å². The van der Waals surface area contributed by atoms with Gasteiger partial charge in [-0.2, -0.15) is 0 Å². The minimum Gasteiger partial charge on any atom is -0.411 e. The topological polar surface area (TPSA) is 32.6 Å². The summed E-state index contributed by atoms with van der Waals surface area (Å²) in [7, 11) is 0. The fourth-order valence-electron chi connectivity index (χ4n) is 2.54. The Kier molecular flexibility index (Phi) is 1.84. The smallest absolute Gasteiger partial charge is 0.0601 e. The van der Waals surface area contributed by atoms with Gasteiger partial charge in [0, 0.05) is 5.92 Å². The van der Waals surface area contributed by atoms with Crippen molar-refractivity contribution in [1.82, 2.24) is 0 Å². The van der Waals surface area contributed by atoms with Crippen molar-refractivity contribution in [2.24, 2.45) is 17.0 Å². The van der Waals surface area contributed by atoms with E-state index in [4.69, 9.17) is 5.21 Å². The Morgan fingerprint density at radius 1 is 1.27 bits per heavy atom. The second kappa shape index (κ2) is 2.84. The number of rotatable bonds is 0. The Hall–Kier alpha value is -0.530. The highest BCUT2D eigenvalue weighted by molar-refractivity contribution is 5.87. The van der Waals surface area contributed by atoms with Crippen LogP contribution in [0.3, 0.4) is 0 Å². The zero-order valence-corrected chi connectivity index (χ0v) is 6.79. The third-order valence-corrected chi connectivity index (χ3v) is 3.19. The number of oxime groups is 1. The van der Waals surface area contributed by atoms with E-state index in [1.807, 2.05) is 0 Å². The highest BCUT2D eigenvalue weighted by atomic mass is 16.4. The Bertz CT molecular complexity index is 176. The van der Waals surface area contributed by atoms with Crippen molar-refractivity contribution >= 4 is 5.71 Å². The van der Waals surface area contributed by atoms with Gasteiger partial charge in [-0.05, 0) is 31.6 Å². The molecule has 0 aromatic carbocycles. The van der Waals surface area contributed by atoms with Crippen LogP contribution in [0.4, 0.5) is 0 Å². The van der Waals surface area contributed by atoms with Gasteiger partial charge in [-0.15, -0.1) is 0 Å². The van der Waals surface area contributed by atoms with E-state index in [0.717, 1.165) is 18.1 Å². The lowest BCUT2D eigenvalue weighted by atomic mass is 9.71. The van der Waals surface area contributed by atoms with Crippen molar-refractivity contribution in [1.29, 1.82) is 0 Å². The molecule has 0 amide bonds. The minimum atomic E-state index is 0.632. The Morgan fingerprint density at radius 3 is 3.00 bits per heavy atom. The molecule has 2 fully saturated rings. The third kappa shape index (κ3) is 1.26. The lowest BCUT2D eigenvalue weighted by Gasteiger charge is -2.34. The molecule has 2 rings (SSSR count). The molecule has 1 N–H and O–H groups in total. The summed E-state index contributed by atoms with van der Waals surface area (Å²) in [5, 5.41) is 12.1. The Balaban J connectivity index is 2.08. The standard InChI is InChI=1S/C9H15NO/c11-10-9-5-4-7-2-1-3-8(9)6-7/h7-8,11H,1-6H2/t7-,8-/m1/s1. The molecule has 0 saturated heterocycles. The summed E-state index contributed by atoms with van der Waals surface area (Å²) in [4.78, 5) is 0. The molecule has 0 aromatic rings. The Morgan fingerprint density at radius 2 is 2.18 bits per heavy atom. The fraction of sp³-hybridized carbons (Fsp3) is 0.889. The van der Waals surface area contributed by atoms with Crippen molar-refractivity contribution in [3.63, 3.8) is 0 Å². The molecule has 0 spiro atoms. The van der Waals surface area contributed by atoms with Crippen molar-refractivity contribution in [3.05, 3.63) is 0 Å². The lowest BCUT2D eigenvalue weighted by molar-refractivity contribution is 0.257. The van der Waals surface area contributed by atoms with E-state index in [9.17, 15) is 0 Å². The molecule has 2 heteroatoms. The van der Waals surface area contributed by atoms with E-state index in [1.165, 1.54) is 32.1 Å². The second-order valence-corrected chi connectivity index (χ2v) is 3.86. The second-order valence-electron chi connectivity index (χ2n) is 3.86. The van der Waals surface area contributed by atoms with Crippen LogP contribution in [-0.4, -0.2) is 10.9 Å². The molecule has 11 heavy (non-hydrogen) atoms. The number of hydrogen-bond acceptors (Lipinski definition) is 2. The summed E-state index contributed by atoms with van der Waals surface area (Å²) in [6.45, 7) is 0. The maximum Gasteiger partial charge on any atom is 0.0601 e. The predicted octanol–water partition coefficient (Wildman–Crippen LogP) is 2.42. The van der Waals surface area contributed by atoms with E-state index >= 15 is 0 Å². The number of hydrogen-bond donors (Lipinski definition) is 1. The first-order valence-corrected chi connectivity index (χ1v) is 4.61. The molecule has 0 unspecified atom stereocenters. The van der Waals surface area contributed by atoms with Gasteiger partial charge < -0.3 is 5.21 Å². The van der Waals surface area contributed by atoms with Crippen LogP contribution in [-0.2, 0) is 0 Å². The normalized spacial score (nSPS) is 40.9. The van der Waals surface area contributed by atoms with Crippen LogP contribution >= 0.6 is 0 Å². The molecule has 2 saturated carbocycles. The Labute approximate surface area is 67.3 Å². The molecule has 0 radical (unpaired) electrons. The van der Waals surface area contributed by atoms with E-state index in [-0.39, 0.29) is 0 Å². The van der Waals surface area contributed by atoms with Crippen LogP contribution in [0, 0.1) is 11.8 Å². The highest BCUT2D eigenvalue weighted by Crippen LogP contribution is 2.38. The maximum absolute atomic E-state index is 8.69. The minimum absolute atomic E-state index is 0.632. The van der Waals surface area contributed by atoms with Gasteiger partial charge in [0.05, 0.1) is 5.71 Å². The van der Waals surface area contributed by atoms with Crippen LogP contribution in [0.15, 0.2) is 5.16 Å². The summed E-state index contributed by atoms with van der Waals surface area (Å²) in [6.07, 6.45) is 7.61. The molecule has 2 aliphatic rings. The van der Waals surface area contributed by atoms with Crippen molar-refractivity contribution < 1.29 is 5.21 Å². The summed E-state index contributed by atoms with van der Waals surface area (Å²) in [5.41, 5.74) is 1.07. The number of fused-ring (bicyclic) bond motifs is 2. The first-order chi connectivity index (χ1) is 5.40. The van der Waals surface area contributed by atoms with E-state index in [0.29, 0.717) is 5.92 Å². The maximum atomic E-state index is 8.69. The number of nitrogens with zero attached hydrogens (tertiary/aromatic N) is 1. The van der Waals surface area contributed by atoms with Crippen molar-refractivity contribution in [2.45, 2.75) is 38.5 Å². The molecule has 62 valence electrons. The summed E-state index contributed by atoms with van der Waals surface area (Å²) >= 11 is 0. The summed E-state index contributed by atoms with van der Waals surface area (Å²) in [5.74, 6) is 1.58. The van der Waals surface area contributed by atoms with E-state index < -0.39 is 0 Å². The van der Waals surface area contributed by atoms with E-state index in [1.54, 1.807) is 0 Å². The first kappa shape index (κ1) is 7.14. The first-order valence-electron chi connectivity index (χ1n) is 4.61. The highest BCUT2D eigenvalue weighted by Gasteiger charge is 2.30. The predicted molar refractivity (Wildman–Crippen MR) is 43.9 cm³/mol. The van der Waals surface area contributed by atoms with Gasteiger partial charge in [-0.1, -0.05) is 18.0 Å². The van der Waals surface area contributed by atoms with Crippen LogP contribution in [0.1, 0.15) is 38.5 Å². The zero-order chi connectivity index (χ0) is 7.68. The lowest BCUT2D eigenvalue weighted by Crippen LogP contribution is -2.28. The average molecular weight is 153 g/mol. The largest absolute Gasteiger partial charge is 0.411 e. The average Bonchev–Trinajstić information content (AvgIpc) is 2.06. The molecule has 2 nitrogen and oxygen atoms in total.